The summed E-state index contributed by atoms with van der Waals surface area (Å²) in [6.07, 6.45) is 3.30. The summed E-state index contributed by atoms with van der Waals surface area (Å²) < 4.78 is 13.4. The highest BCUT2D eigenvalue weighted by molar-refractivity contribution is 6.48. The van der Waals surface area contributed by atoms with Crippen molar-refractivity contribution in [2.45, 2.75) is 90.0 Å². The van der Waals surface area contributed by atoms with Crippen LogP contribution in [0.2, 0.25) is 0 Å². The third-order valence-corrected chi connectivity index (χ3v) is 10.5. The number of rotatable bonds is 10. The molecule has 5 aliphatic rings. The van der Waals surface area contributed by atoms with E-state index in [4.69, 9.17) is 19.4 Å². The van der Waals surface area contributed by atoms with E-state index in [0.717, 1.165) is 18.4 Å². The van der Waals surface area contributed by atoms with Crippen molar-refractivity contribution in [2.24, 2.45) is 28.3 Å². The van der Waals surface area contributed by atoms with Crippen LogP contribution in [0, 0.1) is 34.5 Å². The minimum Gasteiger partial charge on any atom is -0.404 e. The van der Waals surface area contributed by atoms with Gasteiger partial charge in [0, 0.05) is 12.8 Å². The molecule has 10 nitrogen and oxygen atoms in total. The quantitative estimate of drug-likeness (QED) is 0.384. The Labute approximate surface area is 265 Å². The van der Waals surface area contributed by atoms with Gasteiger partial charge in [-0.1, -0.05) is 69.2 Å². The number of carbonyl (C=O) groups is 2. The fourth-order valence-corrected chi connectivity index (χ4v) is 7.88. The first kappa shape index (κ1) is 31.2. The van der Waals surface area contributed by atoms with Gasteiger partial charge in [-0.15, -0.1) is 0 Å². The zero-order valence-corrected chi connectivity index (χ0v) is 26.7. The van der Waals surface area contributed by atoms with Crippen molar-refractivity contribution in [1.82, 2.24) is 15.6 Å². The highest BCUT2D eigenvalue weighted by Crippen LogP contribution is 2.65. The second kappa shape index (κ2) is 11.9. The van der Waals surface area contributed by atoms with E-state index >= 15 is 0 Å². The Hall–Kier alpha value is -3.75. The first-order valence-corrected chi connectivity index (χ1v) is 16.0. The van der Waals surface area contributed by atoms with E-state index in [2.05, 4.69) is 55.4 Å². The zero-order valence-electron chi connectivity index (χ0n) is 26.7. The number of pyridine rings is 1. The van der Waals surface area contributed by atoms with Gasteiger partial charge in [-0.05, 0) is 67.1 Å². The summed E-state index contributed by atoms with van der Waals surface area (Å²) in [6, 6.07) is 16.3. The number of oxime groups is 1. The summed E-state index contributed by atoms with van der Waals surface area (Å²) in [5.74, 6) is 0.224. The van der Waals surface area contributed by atoms with Gasteiger partial charge in [0.15, 0.2) is 0 Å². The largest absolute Gasteiger partial charge is 0.481 e. The number of benzene rings is 1. The second-order valence-corrected chi connectivity index (χ2v) is 14.3. The maximum atomic E-state index is 14.3. The summed E-state index contributed by atoms with van der Waals surface area (Å²) in [6.45, 7) is 11.2. The summed E-state index contributed by atoms with van der Waals surface area (Å²) in [5, 5.41) is 19.5. The van der Waals surface area contributed by atoms with Crippen LogP contribution in [0.25, 0.3) is 0 Å². The van der Waals surface area contributed by atoms with Gasteiger partial charge in [0.2, 0.25) is 5.60 Å². The van der Waals surface area contributed by atoms with Crippen molar-refractivity contribution in [3.05, 3.63) is 65.5 Å². The summed E-state index contributed by atoms with van der Waals surface area (Å²) in [7, 11) is -0.562. The zero-order chi connectivity index (χ0) is 32.0. The predicted molar refractivity (Wildman–Crippen MR) is 169 cm³/mol. The number of aromatic nitrogens is 1. The Morgan fingerprint density at radius 1 is 1.11 bits per heavy atom. The van der Waals surface area contributed by atoms with E-state index in [-0.39, 0.29) is 59.2 Å². The van der Waals surface area contributed by atoms with Crippen LogP contribution < -0.4 is 10.6 Å². The molecular formula is C34H42BN5O5. The van der Waals surface area contributed by atoms with Crippen LogP contribution in [0.5, 0.6) is 0 Å². The van der Waals surface area contributed by atoms with E-state index in [1.165, 1.54) is 6.07 Å². The number of nitriles is 1. The predicted octanol–water partition coefficient (Wildman–Crippen LogP) is 4.24. The van der Waals surface area contributed by atoms with Crippen molar-refractivity contribution in [2.75, 3.05) is 6.54 Å². The van der Waals surface area contributed by atoms with Gasteiger partial charge in [0.05, 0.1) is 29.9 Å². The number of hydrogen-bond donors (Lipinski definition) is 2. The molecule has 11 heteroatoms. The average molecular weight is 612 g/mol. The molecule has 7 rings (SSSR count). The minimum atomic E-state index is -1.31. The van der Waals surface area contributed by atoms with Crippen molar-refractivity contribution in [3.8, 4) is 6.07 Å². The Balaban J connectivity index is 1.18. The maximum Gasteiger partial charge on any atom is 0.481 e. The van der Waals surface area contributed by atoms with Gasteiger partial charge in [-0.2, -0.15) is 5.26 Å². The molecular weight excluding hydrogens is 569 g/mol. The summed E-state index contributed by atoms with van der Waals surface area (Å²) >= 11 is 0. The third kappa shape index (κ3) is 5.86. The first-order chi connectivity index (χ1) is 21.4. The van der Waals surface area contributed by atoms with Crippen LogP contribution in [-0.4, -0.2) is 59.4 Å². The lowest BCUT2D eigenvalue weighted by molar-refractivity contribution is -0.199. The Kier molecular flexibility index (Phi) is 8.25. The normalized spacial score (nSPS) is 29.9. The molecule has 4 fully saturated rings. The standard InChI is InChI=1S/C34H42BN5O5/c1-21(2)14-29(35-43-28-16-23-15-27(32(23,3)4)33(28,5)44-35)39-31(42)34(17-22-10-7-6-8-11-22)18-25(40-45-34)20-37-30(41)26-13-9-12-24(19-36)38-26/h6-13,21,23,27-29H,14-18,20H2,1-5H3,(H,37,41)(H,39,42)/t23-,27-,28+,29-,33-,34?/m0/s1. The molecule has 3 aliphatic carbocycles. The monoisotopic (exact) mass is 611 g/mol. The SMILES string of the molecule is CC(C)C[C@H](NC(=O)C1(Cc2ccccc2)CC(CNC(=O)c2cccc(C#N)n2)=NO1)B1O[C@@H]2C[C@@H]3C[C@@H](C3(C)C)[C@]2(C)O1. The topological polar surface area (TPSA) is 135 Å². The molecule has 2 N–H and O–H groups in total. The van der Waals surface area contributed by atoms with Crippen molar-refractivity contribution in [3.63, 3.8) is 0 Å². The molecule has 3 saturated carbocycles. The van der Waals surface area contributed by atoms with Gasteiger partial charge in [0.1, 0.15) is 17.5 Å². The fourth-order valence-electron chi connectivity index (χ4n) is 7.88. The average Bonchev–Trinajstić information content (AvgIpc) is 3.60. The summed E-state index contributed by atoms with van der Waals surface area (Å²) in [4.78, 5) is 37.2. The lowest BCUT2D eigenvalue weighted by Gasteiger charge is -2.64. The number of amides is 2. The second-order valence-electron chi connectivity index (χ2n) is 14.3. The minimum absolute atomic E-state index is 0.00809. The molecule has 1 aromatic carbocycles. The lowest BCUT2D eigenvalue weighted by Crippen LogP contribution is -2.65. The molecule has 2 bridgehead atoms. The molecule has 1 aromatic heterocycles. The molecule has 236 valence electrons. The van der Waals surface area contributed by atoms with Gasteiger partial charge >= 0.3 is 7.12 Å². The Bertz CT molecular complexity index is 1530. The number of nitrogens with one attached hydrogen (secondary N) is 2. The molecule has 0 spiro atoms. The van der Waals surface area contributed by atoms with Gasteiger partial charge in [0.25, 0.3) is 11.8 Å². The summed E-state index contributed by atoms with van der Waals surface area (Å²) in [5.41, 5.74) is 0.266. The number of hydrogen-bond acceptors (Lipinski definition) is 8. The van der Waals surface area contributed by atoms with Crippen molar-refractivity contribution in [1.29, 1.82) is 5.26 Å². The highest BCUT2D eigenvalue weighted by Gasteiger charge is 2.68. The molecule has 1 saturated heterocycles. The van der Waals surface area contributed by atoms with E-state index in [0.29, 0.717) is 30.4 Å². The molecule has 6 atom stereocenters. The van der Waals surface area contributed by atoms with Crippen LogP contribution >= 0.6 is 0 Å². The molecule has 2 aromatic rings. The smallest absolute Gasteiger partial charge is 0.404 e. The van der Waals surface area contributed by atoms with E-state index in [9.17, 15) is 9.59 Å². The molecule has 1 unspecified atom stereocenters. The van der Waals surface area contributed by atoms with Gasteiger partial charge in [-0.25, -0.2) is 4.98 Å². The van der Waals surface area contributed by atoms with Crippen LogP contribution in [0.15, 0.2) is 53.7 Å². The number of carbonyl (C=O) groups excluding carboxylic acids is 2. The van der Waals surface area contributed by atoms with E-state index in [1.807, 2.05) is 36.4 Å². The molecule has 0 radical (unpaired) electrons. The van der Waals surface area contributed by atoms with Crippen LogP contribution in [0.3, 0.4) is 0 Å². The van der Waals surface area contributed by atoms with Crippen molar-refractivity contribution < 1.29 is 23.7 Å². The molecule has 3 heterocycles. The molecule has 2 aliphatic heterocycles. The Morgan fingerprint density at radius 2 is 1.89 bits per heavy atom. The maximum absolute atomic E-state index is 14.3. The van der Waals surface area contributed by atoms with Crippen molar-refractivity contribution >= 4 is 24.6 Å². The third-order valence-electron chi connectivity index (χ3n) is 10.5. The fraction of sp³-hybridized carbons (Fsp3) is 0.559. The van der Waals surface area contributed by atoms with Gasteiger partial charge in [-0.3, -0.25) is 9.59 Å². The first-order valence-electron chi connectivity index (χ1n) is 16.0. The van der Waals surface area contributed by atoms with Crippen LogP contribution in [-0.2, 0) is 25.4 Å². The van der Waals surface area contributed by atoms with E-state index < -0.39 is 18.6 Å². The lowest BCUT2D eigenvalue weighted by atomic mass is 9.43. The Morgan fingerprint density at radius 3 is 2.60 bits per heavy atom. The van der Waals surface area contributed by atoms with E-state index in [1.54, 1.807) is 12.1 Å². The van der Waals surface area contributed by atoms with Crippen LogP contribution in [0.4, 0.5) is 0 Å². The van der Waals surface area contributed by atoms with Crippen LogP contribution in [0.1, 0.15) is 82.0 Å². The van der Waals surface area contributed by atoms with Gasteiger partial charge < -0.3 is 24.8 Å². The molecule has 45 heavy (non-hydrogen) atoms. The highest BCUT2D eigenvalue weighted by atomic mass is 16.7. The number of nitrogens with zero attached hydrogens (tertiary/aromatic N) is 3. The molecule has 2 amide bonds.